The largest absolute Gasteiger partial charge is 0.756 e. The summed E-state index contributed by atoms with van der Waals surface area (Å²) in [5.74, 6) is -0.211. The van der Waals surface area contributed by atoms with E-state index in [9.17, 15) is 19.4 Å². The molecule has 0 aromatic heterocycles. The molecule has 3 atom stereocenters. The van der Waals surface area contributed by atoms with Gasteiger partial charge in [0.1, 0.15) is 13.2 Å². The molecule has 0 bridgehead atoms. The quantitative estimate of drug-likeness (QED) is 0.0272. The predicted octanol–water partition coefficient (Wildman–Crippen LogP) is 15.7. The van der Waals surface area contributed by atoms with Crippen LogP contribution in [0.15, 0.2) is 48.6 Å². The second kappa shape index (κ2) is 47.5. The Morgan fingerprint density at radius 3 is 1.34 bits per heavy atom. The number of carbonyl (C=O) groups excluding carboxylic acids is 1. The summed E-state index contributed by atoms with van der Waals surface area (Å²) in [7, 11) is 1.24. The molecule has 8 nitrogen and oxygen atoms in total. The Morgan fingerprint density at radius 1 is 0.538 bits per heavy atom. The van der Waals surface area contributed by atoms with Crippen molar-refractivity contribution in [3.05, 3.63) is 48.6 Å². The maximum absolute atomic E-state index is 12.9. The van der Waals surface area contributed by atoms with Crippen LogP contribution in [0.1, 0.15) is 251 Å². The minimum atomic E-state index is -4.61. The summed E-state index contributed by atoms with van der Waals surface area (Å²) in [6, 6.07) is -0.907. The Morgan fingerprint density at radius 2 is 0.908 bits per heavy atom. The maximum Gasteiger partial charge on any atom is 0.268 e. The van der Waals surface area contributed by atoms with Crippen LogP contribution in [0.25, 0.3) is 0 Å². The molecule has 0 aliphatic carbocycles. The Hall–Kier alpha value is -1.54. The van der Waals surface area contributed by atoms with Gasteiger partial charge in [0.05, 0.1) is 39.9 Å². The molecule has 9 heteroatoms. The number of hydrogen-bond acceptors (Lipinski definition) is 6. The van der Waals surface area contributed by atoms with Crippen LogP contribution < -0.4 is 10.2 Å². The topological polar surface area (TPSA) is 108 Å². The van der Waals surface area contributed by atoms with Crippen LogP contribution in [0.2, 0.25) is 0 Å². The summed E-state index contributed by atoms with van der Waals surface area (Å²) in [5, 5.41) is 13.9. The number of phosphoric acid groups is 1. The number of rotatable bonds is 50. The van der Waals surface area contributed by atoms with E-state index in [0.29, 0.717) is 17.4 Å². The molecule has 65 heavy (non-hydrogen) atoms. The van der Waals surface area contributed by atoms with Crippen molar-refractivity contribution in [3.63, 3.8) is 0 Å². The van der Waals surface area contributed by atoms with E-state index in [1.54, 1.807) is 6.08 Å². The molecule has 0 aliphatic heterocycles. The third kappa shape index (κ3) is 50.2. The first-order valence-corrected chi connectivity index (χ1v) is 29.0. The second-order valence-electron chi connectivity index (χ2n) is 19.9. The van der Waals surface area contributed by atoms with Crippen molar-refractivity contribution in [1.29, 1.82) is 0 Å². The average Bonchev–Trinajstić information content (AvgIpc) is 3.26. The lowest BCUT2D eigenvalue weighted by molar-refractivity contribution is -0.870. The van der Waals surface area contributed by atoms with Crippen molar-refractivity contribution in [2.24, 2.45) is 0 Å². The van der Waals surface area contributed by atoms with Gasteiger partial charge in [0, 0.05) is 6.42 Å². The van der Waals surface area contributed by atoms with Gasteiger partial charge in [0.15, 0.2) is 0 Å². The lowest BCUT2D eigenvalue weighted by Gasteiger charge is -2.29. The molecule has 0 spiro atoms. The van der Waals surface area contributed by atoms with Gasteiger partial charge in [-0.15, -0.1) is 0 Å². The summed E-state index contributed by atoms with van der Waals surface area (Å²) in [6.45, 7) is 4.63. The number of unbranched alkanes of at least 4 members (excludes halogenated alkanes) is 31. The van der Waals surface area contributed by atoms with Gasteiger partial charge in [-0.25, -0.2) is 0 Å². The summed E-state index contributed by atoms with van der Waals surface area (Å²) in [5.41, 5.74) is 0. The smallest absolute Gasteiger partial charge is 0.268 e. The van der Waals surface area contributed by atoms with Crippen LogP contribution in [0.4, 0.5) is 0 Å². The van der Waals surface area contributed by atoms with Crippen LogP contribution >= 0.6 is 7.82 Å². The van der Waals surface area contributed by atoms with Gasteiger partial charge >= 0.3 is 0 Å². The monoisotopic (exact) mass is 935 g/mol. The molecule has 0 aliphatic rings. The number of aliphatic hydroxyl groups excluding tert-OH is 1. The number of hydrogen-bond donors (Lipinski definition) is 2. The lowest BCUT2D eigenvalue weighted by Crippen LogP contribution is -2.45. The summed E-state index contributed by atoms with van der Waals surface area (Å²) >= 11 is 0. The molecule has 0 radical (unpaired) electrons. The molecule has 382 valence electrons. The minimum absolute atomic E-state index is 0.00794. The van der Waals surface area contributed by atoms with Gasteiger partial charge in [-0.3, -0.25) is 9.36 Å². The molecule has 0 heterocycles. The molecule has 0 rings (SSSR count). The highest BCUT2D eigenvalue weighted by atomic mass is 31.2. The van der Waals surface area contributed by atoms with Crippen LogP contribution in [0.3, 0.4) is 0 Å². The van der Waals surface area contributed by atoms with Crippen molar-refractivity contribution >= 4 is 13.7 Å². The molecule has 0 aromatic rings. The third-order valence-corrected chi connectivity index (χ3v) is 13.2. The number of allylic oxidation sites excluding steroid dienone is 7. The molecule has 0 fully saturated rings. The molecule has 2 N–H and O–H groups in total. The number of aliphatic hydroxyl groups is 1. The van der Waals surface area contributed by atoms with Gasteiger partial charge in [0.2, 0.25) is 5.91 Å². The van der Waals surface area contributed by atoms with E-state index in [2.05, 4.69) is 55.6 Å². The van der Waals surface area contributed by atoms with Gasteiger partial charge in [-0.2, -0.15) is 0 Å². The SMILES string of the molecule is CCCCCCC/C=C\C/C=C\CCCCCCCCCCCC(=O)NC(COP(=O)([O-])OCC[N+](C)(C)C)C(O)/C=C/CC/C=C/CCCCCCCCCCCCCCCCCC. The van der Waals surface area contributed by atoms with Crippen LogP contribution in [-0.4, -0.2) is 68.5 Å². The number of carbonyl (C=O) groups is 1. The first-order valence-electron chi connectivity index (χ1n) is 27.5. The van der Waals surface area contributed by atoms with Crippen molar-refractivity contribution in [1.82, 2.24) is 5.32 Å². The van der Waals surface area contributed by atoms with Crippen molar-refractivity contribution in [3.8, 4) is 0 Å². The van der Waals surface area contributed by atoms with E-state index in [-0.39, 0.29) is 12.5 Å². The van der Waals surface area contributed by atoms with Gasteiger partial charge in [0.25, 0.3) is 7.82 Å². The summed E-state index contributed by atoms with van der Waals surface area (Å²) in [4.78, 5) is 25.5. The van der Waals surface area contributed by atoms with E-state index in [1.807, 2.05) is 27.2 Å². The van der Waals surface area contributed by atoms with E-state index in [0.717, 1.165) is 44.9 Å². The number of likely N-dealkylation sites (N-methyl/N-ethyl adjacent to an activating group) is 1. The minimum Gasteiger partial charge on any atom is -0.756 e. The molecular weight excluding hydrogens is 828 g/mol. The molecule has 0 saturated heterocycles. The molecule has 1 amide bonds. The first kappa shape index (κ1) is 63.5. The highest BCUT2D eigenvalue weighted by Gasteiger charge is 2.23. The number of amides is 1. The fourth-order valence-electron chi connectivity index (χ4n) is 7.91. The Labute approximate surface area is 403 Å². The van der Waals surface area contributed by atoms with Gasteiger partial charge in [-0.1, -0.05) is 229 Å². The van der Waals surface area contributed by atoms with Gasteiger partial charge in [-0.05, 0) is 64.2 Å². The molecule has 0 saturated carbocycles. The first-order chi connectivity index (χ1) is 31.5. The molecule has 0 aromatic carbocycles. The highest BCUT2D eigenvalue weighted by molar-refractivity contribution is 7.45. The summed E-state index contributed by atoms with van der Waals surface area (Å²) < 4.78 is 23.3. The Kier molecular flexibility index (Phi) is 46.4. The van der Waals surface area contributed by atoms with E-state index in [4.69, 9.17) is 9.05 Å². The highest BCUT2D eigenvalue weighted by Crippen LogP contribution is 2.38. The van der Waals surface area contributed by atoms with Crippen LogP contribution in [0.5, 0.6) is 0 Å². The number of phosphoric ester groups is 1. The molecular formula is C56H107N2O6P. The van der Waals surface area contributed by atoms with E-state index in [1.165, 1.54) is 186 Å². The predicted molar refractivity (Wildman–Crippen MR) is 279 cm³/mol. The van der Waals surface area contributed by atoms with Crippen LogP contribution in [-0.2, 0) is 18.4 Å². The Bertz CT molecular complexity index is 1200. The lowest BCUT2D eigenvalue weighted by atomic mass is 10.0. The average molecular weight is 935 g/mol. The van der Waals surface area contributed by atoms with E-state index >= 15 is 0 Å². The number of nitrogens with zero attached hydrogens (tertiary/aromatic N) is 1. The molecule has 3 unspecified atom stereocenters. The van der Waals surface area contributed by atoms with Gasteiger partial charge < -0.3 is 28.8 Å². The third-order valence-electron chi connectivity index (χ3n) is 12.3. The summed E-state index contributed by atoms with van der Waals surface area (Å²) in [6.07, 6.45) is 61.8. The van der Waals surface area contributed by atoms with Crippen molar-refractivity contribution in [2.45, 2.75) is 264 Å². The number of quaternary nitrogens is 1. The zero-order valence-corrected chi connectivity index (χ0v) is 44.3. The fourth-order valence-corrected chi connectivity index (χ4v) is 8.63. The fraction of sp³-hybridized carbons (Fsp3) is 0.839. The zero-order chi connectivity index (χ0) is 47.8. The van der Waals surface area contributed by atoms with Crippen molar-refractivity contribution in [2.75, 3.05) is 40.9 Å². The standard InChI is InChI=1S/C56H107N2O6P/c1-6-8-10-12-14-16-18-20-22-24-26-28-30-31-33-35-37-39-41-43-45-47-49-55(59)54(53-64-65(61,62)63-52-51-58(3,4)5)57-56(60)50-48-46-44-42-40-38-36-34-32-29-27-25-23-21-19-17-15-13-11-9-7-2/h19,21,25,27,39,41,47,49,54-55,59H,6-18,20,22-24,26,28-38,40,42-46,48,50-53H2,1-5H3,(H-,57,60,61,62)/b21-19-,27-25-,41-39+,49-47+. The van der Waals surface area contributed by atoms with E-state index < -0.39 is 26.6 Å². The normalized spacial score (nSPS) is 14.4. The maximum atomic E-state index is 12.9. The van der Waals surface area contributed by atoms with Crippen molar-refractivity contribution < 1.29 is 32.9 Å². The second-order valence-corrected chi connectivity index (χ2v) is 21.3. The Balaban J connectivity index is 4.32. The number of nitrogens with one attached hydrogen (secondary N) is 1. The zero-order valence-electron chi connectivity index (χ0n) is 43.4. The van der Waals surface area contributed by atoms with Crippen LogP contribution in [0, 0.1) is 0 Å².